The predicted octanol–water partition coefficient (Wildman–Crippen LogP) is 15.4. The lowest BCUT2D eigenvalue weighted by molar-refractivity contribution is 0.639. The van der Waals surface area contributed by atoms with Crippen LogP contribution in [0.1, 0.15) is 36.5 Å². The van der Waals surface area contributed by atoms with Crippen molar-refractivity contribution < 1.29 is 0 Å². The van der Waals surface area contributed by atoms with Gasteiger partial charge in [0.1, 0.15) is 0 Å². The molecule has 0 bridgehead atoms. The van der Waals surface area contributed by atoms with E-state index in [4.69, 9.17) is 0 Å². The van der Waals surface area contributed by atoms with Crippen LogP contribution in [-0.4, -0.2) is 10.6 Å². The minimum atomic E-state index is -0.0854. The fourth-order valence-electron chi connectivity index (χ4n) is 10.9. The average molecular weight is 785 g/mol. The van der Waals surface area contributed by atoms with Crippen molar-refractivity contribution in [2.75, 3.05) is 4.90 Å². The van der Waals surface area contributed by atoms with Crippen molar-refractivity contribution >= 4 is 70.3 Å². The number of anilines is 2. The molecule has 0 radical (unpaired) electrons. The summed E-state index contributed by atoms with van der Waals surface area (Å²) >= 11 is 1.88. The molecule has 2 aliphatic carbocycles. The molecule has 0 N–H and O–H groups in total. The standard InChI is InChI=1S/C57H40N2S/c1-57(2)48-20-10-6-16-40(48)44-33-46-42-18-8-12-22-51(42)59(54(46)34-49(44)57)53-32-36(24-27-39(53)37-26-29-56-47(31-37)43-19-9-13-23-55(43)60-56)35-25-28-52-45(30-35)41-17-7-11-21-50(41)58(52)38-14-4-3-5-15-38/h3-34,46,54H,1-2H3. The van der Waals surface area contributed by atoms with Gasteiger partial charge >= 0.3 is 0 Å². The van der Waals surface area contributed by atoms with Gasteiger partial charge in [0.15, 0.2) is 0 Å². The van der Waals surface area contributed by atoms with Crippen LogP contribution in [0.3, 0.4) is 0 Å². The fourth-order valence-corrected chi connectivity index (χ4v) is 12.0. The lowest BCUT2D eigenvalue weighted by Crippen LogP contribution is -2.31. The minimum absolute atomic E-state index is 0.0854. The maximum absolute atomic E-state index is 2.67. The largest absolute Gasteiger partial charge is 0.333 e. The third-order valence-electron chi connectivity index (χ3n) is 13.7. The van der Waals surface area contributed by atoms with Crippen LogP contribution in [0.25, 0.3) is 75.5 Å². The van der Waals surface area contributed by atoms with Gasteiger partial charge in [-0.25, -0.2) is 0 Å². The average Bonchev–Trinajstić information content (AvgIpc) is 4.00. The van der Waals surface area contributed by atoms with E-state index in [0.717, 1.165) is 0 Å². The normalized spacial score (nSPS) is 17.5. The summed E-state index contributed by atoms with van der Waals surface area (Å²) in [4.78, 5) is 2.67. The molecule has 60 heavy (non-hydrogen) atoms. The molecular weight excluding hydrogens is 745 g/mol. The zero-order chi connectivity index (χ0) is 39.7. The Balaban J connectivity index is 1.04. The first kappa shape index (κ1) is 34.0. The third-order valence-corrected chi connectivity index (χ3v) is 14.9. The summed E-state index contributed by atoms with van der Waals surface area (Å²) in [5.74, 6) is 0.224. The Kier molecular flexibility index (Phi) is 7.10. The first-order chi connectivity index (χ1) is 29.5. The Morgan fingerprint density at radius 2 is 1.17 bits per heavy atom. The summed E-state index contributed by atoms with van der Waals surface area (Å²) in [7, 11) is 0. The van der Waals surface area contributed by atoms with Crippen molar-refractivity contribution in [1.29, 1.82) is 0 Å². The predicted molar refractivity (Wildman–Crippen MR) is 255 cm³/mol. The van der Waals surface area contributed by atoms with Gasteiger partial charge in [0.25, 0.3) is 0 Å². The van der Waals surface area contributed by atoms with Gasteiger partial charge in [-0.3, -0.25) is 0 Å². The van der Waals surface area contributed by atoms with Crippen LogP contribution in [0.5, 0.6) is 0 Å². The summed E-state index contributed by atoms with van der Waals surface area (Å²) in [6.07, 6.45) is 5.21. The van der Waals surface area contributed by atoms with Crippen molar-refractivity contribution in [2.24, 2.45) is 0 Å². The van der Waals surface area contributed by atoms with E-state index in [-0.39, 0.29) is 17.4 Å². The van der Waals surface area contributed by atoms with E-state index in [1.54, 1.807) is 0 Å². The van der Waals surface area contributed by atoms with E-state index in [0.29, 0.717) is 0 Å². The second kappa shape index (κ2) is 12.5. The fraction of sp³-hybridized carbons (Fsp3) is 0.0877. The Morgan fingerprint density at radius 1 is 0.483 bits per heavy atom. The van der Waals surface area contributed by atoms with Crippen LogP contribution in [-0.2, 0) is 5.41 Å². The number of rotatable bonds is 4. The quantitative estimate of drug-likeness (QED) is 0.173. The van der Waals surface area contributed by atoms with E-state index in [1.165, 1.54) is 109 Å². The van der Waals surface area contributed by atoms with E-state index < -0.39 is 0 Å². The maximum Gasteiger partial charge on any atom is 0.0633 e. The highest BCUT2D eigenvalue weighted by Crippen LogP contribution is 2.58. The summed E-state index contributed by atoms with van der Waals surface area (Å²) in [6, 6.07) is 68.1. The number of aromatic nitrogens is 1. The Morgan fingerprint density at radius 3 is 2.08 bits per heavy atom. The minimum Gasteiger partial charge on any atom is -0.333 e. The van der Waals surface area contributed by atoms with Gasteiger partial charge in [0, 0.05) is 59.2 Å². The van der Waals surface area contributed by atoms with Gasteiger partial charge in [-0.2, -0.15) is 0 Å². The number of nitrogens with zero attached hydrogens (tertiary/aromatic N) is 2. The number of hydrogen-bond acceptors (Lipinski definition) is 2. The smallest absolute Gasteiger partial charge is 0.0633 e. The molecule has 0 amide bonds. The van der Waals surface area contributed by atoms with Crippen LogP contribution >= 0.6 is 11.3 Å². The summed E-state index contributed by atoms with van der Waals surface area (Å²) in [5.41, 5.74) is 18.0. The van der Waals surface area contributed by atoms with Crippen molar-refractivity contribution in [3.63, 3.8) is 0 Å². The van der Waals surface area contributed by atoms with E-state index in [2.05, 4.69) is 217 Å². The number of hydrogen-bond donors (Lipinski definition) is 0. The first-order valence-electron chi connectivity index (χ1n) is 21.1. The molecule has 3 aliphatic rings. The molecule has 3 heterocycles. The lowest BCUT2D eigenvalue weighted by Gasteiger charge is -2.34. The molecule has 284 valence electrons. The zero-order valence-electron chi connectivity index (χ0n) is 33.4. The van der Waals surface area contributed by atoms with Crippen LogP contribution in [0.15, 0.2) is 200 Å². The van der Waals surface area contributed by atoms with Crippen LogP contribution in [0.2, 0.25) is 0 Å². The maximum atomic E-state index is 2.67. The molecule has 1 aliphatic heterocycles. The van der Waals surface area contributed by atoms with Gasteiger partial charge in [-0.1, -0.05) is 147 Å². The molecule has 13 rings (SSSR count). The molecule has 0 spiro atoms. The summed E-state index contributed by atoms with van der Waals surface area (Å²) in [5, 5.41) is 5.17. The van der Waals surface area contributed by atoms with Crippen molar-refractivity contribution in [3.8, 4) is 27.9 Å². The van der Waals surface area contributed by atoms with E-state index in [1.807, 2.05) is 11.3 Å². The number of thiophene rings is 1. The molecule has 0 fully saturated rings. The van der Waals surface area contributed by atoms with Crippen molar-refractivity contribution in [1.82, 2.24) is 4.57 Å². The molecule has 0 saturated heterocycles. The van der Waals surface area contributed by atoms with Crippen LogP contribution < -0.4 is 4.90 Å². The number of benzene rings is 8. The SMILES string of the molecule is CC1(C)C2=CC3C(C=C2c2ccccc21)c1ccccc1N3c1cc(-c2ccc3c(c2)c2ccccc2n3-c2ccccc2)ccc1-c1ccc2sc3ccccc3c2c1. The van der Waals surface area contributed by atoms with Gasteiger partial charge in [0.2, 0.25) is 0 Å². The molecule has 3 heteroatoms. The molecular formula is C57H40N2S. The number of fused-ring (bicyclic) bond motifs is 12. The molecule has 2 nitrogen and oxygen atoms in total. The van der Waals surface area contributed by atoms with E-state index in [9.17, 15) is 0 Å². The highest BCUT2D eigenvalue weighted by Gasteiger charge is 2.46. The Hall–Kier alpha value is -6.94. The summed E-state index contributed by atoms with van der Waals surface area (Å²) < 4.78 is 5.05. The number of allylic oxidation sites excluding steroid dienone is 2. The van der Waals surface area contributed by atoms with Crippen LogP contribution in [0, 0.1) is 0 Å². The van der Waals surface area contributed by atoms with Gasteiger partial charge in [-0.15, -0.1) is 11.3 Å². The first-order valence-corrected chi connectivity index (χ1v) is 21.9. The highest BCUT2D eigenvalue weighted by atomic mass is 32.1. The topological polar surface area (TPSA) is 8.17 Å². The molecule has 10 aromatic rings. The molecule has 2 atom stereocenters. The van der Waals surface area contributed by atoms with Crippen molar-refractivity contribution in [2.45, 2.75) is 31.2 Å². The van der Waals surface area contributed by atoms with E-state index >= 15 is 0 Å². The second-order valence-electron chi connectivity index (χ2n) is 17.2. The number of para-hydroxylation sites is 3. The molecule has 0 saturated carbocycles. The third kappa shape index (κ3) is 4.75. The van der Waals surface area contributed by atoms with Crippen molar-refractivity contribution in [3.05, 3.63) is 216 Å². The second-order valence-corrected chi connectivity index (χ2v) is 18.3. The highest BCUT2D eigenvalue weighted by molar-refractivity contribution is 7.25. The molecule has 8 aromatic carbocycles. The molecule has 2 unspecified atom stereocenters. The lowest BCUT2D eigenvalue weighted by atomic mass is 9.77. The van der Waals surface area contributed by atoms with Gasteiger partial charge in [0.05, 0.1) is 22.8 Å². The zero-order valence-corrected chi connectivity index (χ0v) is 34.2. The molecule has 2 aromatic heterocycles. The Labute approximate surface area is 353 Å². The Bertz CT molecular complexity index is 3490. The van der Waals surface area contributed by atoms with Crippen LogP contribution in [0.4, 0.5) is 11.4 Å². The summed E-state index contributed by atoms with van der Waals surface area (Å²) in [6.45, 7) is 4.81. The van der Waals surface area contributed by atoms with Gasteiger partial charge in [-0.05, 0) is 105 Å². The van der Waals surface area contributed by atoms with Gasteiger partial charge < -0.3 is 9.47 Å². The monoisotopic (exact) mass is 784 g/mol.